The number of ether oxygens (including phenoxy) is 2. The fraction of sp³-hybridized carbons (Fsp3) is 0.548. The molecule has 0 aliphatic carbocycles. The smallest absolute Gasteiger partial charge is 0.416 e. The lowest BCUT2D eigenvalue weighted by Gasteiger charge is -2.39. The number of likely N-dealkylation sites (tertiary alicyclic amines) is 1. The number of nitrogens with zero attached hydrogens (tertiary/aromatic N) is 1. The maximum atomic E-state index is 13.9. The Hall–Kier alpha value is -3.13. The fourth-order valence-electron chi connectivity index (χ4n) is 4.63. The molecular formula is C31H38F7NO5Si. The highest BCUT2D eigenvalue weighted by Gasteiger charge is 2.50. The number of hydrogen-bond acceptors (Lipinski definition) is 5. The Kier molecular flexibility index (Phi) is 10.2. The molecule has 1 saturated heterocycles. The summed E-state index contributed by atoms with van der Waals surface area (Å²) in [5.74, 6) is -2.94. The lowest BCUT2D eigenvalue weighted by molar-refractivity contribution is -0.143. The summed E-state index contributed by atoms with van der Waals surface area (Å²) in [4.78, 5) is 28.0. The van der Waals surface area contributed by atoms with Crippen LogP contribution < -0.4 is 0 Å². The zero-order valence-electron chi connectivity index (χ0n) is 26.3. The molecule has 1 amide bonds. The Morgan fingerprint density at radius 2 is 1.38 bits per heavy atom. The van der Waals surface area contributed by atoms with Crippen LogP contribution in [0.25, 0.3) is 0 Å². The van der Waals surface area contributed by atoms with E-state index in [4.69, 9.17) is 13.9 Å². The summed E-state index contributed by atoms with van der Waals surface area (Å²) in [5.41, 5.74) is -4.86. The highest BCUT2D eigenvalue weighted by molar-refractivity contribution is 6.74. The van der Waals surface area contributed by atoms with E-state index in [1.807, 2.05) is 33.9 Å². The third-order valence-corrected chi connectivity index (χ3v) is 12.5. The molecule has 1 aliphatic rings. The first kappa shape index (κ1) is 36.3. The van der Waals surface area contributed by atoms with Crippen molar-refractivity contribution in [1.82, 2.24) is 4.90 Å². The number of carbonyl (C=O) groups is 2. The van der Waals surface area contributed by atoms with Gasteiger partial charge < -0.3 is 13.9 Å². The molecule has 0 aromatic heterocycles. The standard InChI is InChI=1S/C31H38F7NO5Si/c1-28(2,3)44-27(41)39-16-24(43-26(40)19-13-20(30(33,34)35)15-21(14-19)31(36,37)38)25(18-9-11-22(32)12-10-18)23(39)17-42-45(7,8)29(4,5)6/h9-15,23-25H,16-17H2,1-8H3/t23-,24-,25-/m0/s1. The van der Waals surface area contributed by atoms with E-state index in [2.05, 4.69) is 0 Å². The van der Waals surface area contributed by atoms with Crippen molar-refractivity contribution in [3.8, 4) is 0 Å². The number of esters is 1. The lowest BCUT2D eigenvalue weighted by atomic mass is 9.90. The average molecular weight is 666 g/mol. The molecule has 0 spiro atoms. The van der Waals surface area contributed by atoms with Gasteiger partial charge in [0.15, 0.2) is 8.32 Å². The fourth-order valence-corrected chi connectivity index (χ4v) is 5.65. The third kappa shape index (κ3) is 8.99. The van der Waals surface area contributed by atoms with Crippen LogP contribution in [-0.4, -0.2) is 56.2 Å². The summed E-state index contributed by atoms with van der Waals surface area (Å²) < 4.78 is 113. The van der Waals surface area contributed by atoms with Crippen molar-refractivity contribution in [2.45, 2.75) is 95.7 Å². The molecule has 6 nitrogen and oxygen atoms in total. The van der Waals surface area contributed by atoms with Gasteiger partial charge in [0.05, 0.1) is 35.9 Å². The van der Waals surface area contributed by atoms with Gasteiger partial charge in [-0.2, -0.15) is 26.3 Å². The molecule has 0 radical (unpaired) electrons. The second-order valence-corrected chi connectivity index (χ2v) is 18.4. The van der Waals surface area contributed by atoms with Crippen molar-refractivity contribution >= 4 is 20.4 Å². The Balaban J connectivity index is 2.10. The van der Waals surface area contributed by atoms with Gasteiger partial charge in [0, 0.05) is 5.92 Å². The number of amides is 1. The van der Waals surface area contributed by atoms with Crippen LogP contribution in [0.15, 0.2) is 42.5 Å². The van der Waals surface area contributed by atoms with Gasteiger partial charge >= 0.3 is 24.4 Å². The van der Waals surface area contributed by atoms with Crippen LogP contribution in [0.1, 0.15) is 74.5 Å². The van der Waals surface area contributed by atoms with Crippen molar-refractivity contribution in [2.24, 2.45) is 0 Å². The zero-order valence-corrected chi connectivity index (χ0v) is 27.3. The molecule has 2 aromatic carbocycles. The SMILES string of the molecule is CC(C)(C)OC(=O)N1C[C@H](OC(=O)c2cc(C(F)(F)F)cc(C(F)(F)F)c2)[C@@H](c2ccc(F)cc2)[C@@H]1CO[Si](C)(C)C(C)(C)C. The summed E-state index contributed by atoms with van der Waals surface area (Å²) in [5, 5.41) is -0.237. The number of alkyl halides is 6. The first-order valence-electron chi connectivity index (χ1n) is 14.2. The van der Waals surface area contributed by atoms with Gasteiger partial charge in [0.25, 0.3) is 0 Å². The van der Waals surface area contributed by atoms with E-state index in [9.17, 15) is 40.3 Å². The van der Waals surface area contributed by atoms with Crippen molar-refractivity contribution < 1.29 is 54.2 Å². The summed E-state index contributed by atoms with van der Waals surface area (Å²) in [6.45, 7) is 14.5. The number of carbonyl (C=O) groups excluding carboxylic acids is 2. The zero-order chi connectivity index (χ0) is 34.3. The Morgan fingerprint density at radius 1 is 0.867 bits per heavy atom. The molecule has 3 atom stereocenters. The van der Waals surface area contributed by atoms with Crippen molar-refractivity contribution in [3.05, 3.63) is 70.5 Å². The largest absolute Gasteiger partial charge is 0.456 e. The van der Waals surface area contributed by atoms with Gasteiger partial charge in [-0.05, 0) is 74.8 Å². The number of halogens is 7. The first-order chi connectivity index (χ1) is 20.3. The molecule has 0 saturated carbocycles. The minimum atomic E-state index is -5.18. The van der Waals surface area contributed by atoms with Gasteiger partial charge in [-0.1, -0.05) is 32.9 Å². The van der Waals surface area contributed by atoms with E-state index < -0.39 is 78.9 Å². The molecule has 0 unspecified atom stereocenters. The van der Waals surface area contributed by atoms with Crippen LogP contribution in [0.2, 0.25) is 18.1 Å². The molecule has 2 aromatic rings. The molecule has 45 heavy (non-hydrogen) atoms. The van der Waals surface area contributed by atoms with Gasteiger partial charge in [-0.15, -0.1) is 0 Å². The van der Waals surface area contributed by atoms with E-state index in [1.165, 1.54) is 17.0 Å². The summed E-state index contributed by atoms with van der Waals surface area (Å²) >= 11 is 0. The highest BCUT2D eigenvalue weighted by Crippen LogP contribution is 2.42. The number of hydrogen-bond donors (Lipinski definition) is 0. The lowest BCUT2D eigenvalue weighted by Crippen LogP contribution is -2.48. The van der Waals surface area contributed by atoms with Gasteiger partial charge in [0.1, 0.15) is 17.5 Å². The summed E-state index contributed by atoms with van der Waals surface area (Å²) in [6, 6.07) is 4.73. The first-order valence-corrected chi connectivity index (χ1v) is 17.1. The van der Waals surface area contributed by atoms with Gasteiger partial charge in [-0.3, -0.25) is 4.90 Å². The van der Waals surface area contributed by atoms with E-state index >= 15 is 0 Å². The predicted molar refractivity (Wildman–Crippen MR) is 155 cm³/mol. The molecule has 1 aliphatic heterocycles. The number of benzene rings is 2. The minimum absolute atomic E-state index is 0.0619. The molecular weight excluding hydrogens is 627 g/mol. The third-order valence-electron chi connectivity index (χ3n) is 7.98. The molecule has 1 heterocycles. The molecule has 1 fully saturated rings. The summed E-state index contributed by atoms with van der Waals surface area (Å²) in [6.07, 6.45) is -12.4. The second kappa shape index (κ2) is 12.6. The molecule has 0 bridgehead atoms. The monoisotopic (exact) mass is 665 g/mol. The normalized spacial score (nSPS) is 19.9. The quantitative estimate of drug-likeness (QED) is 0.175. The van der Waals surface area contributed by atoms with Crippen LogP contribution in [0.4, 0.5) is 35.5 Å². The van der Waals surface area contributed by atoms with Crippen molar-refractivity contribution in [1.29, 1.82) is 0 Å². The Morgan fingerprint density at radius 3 is 1.82 bits per heavy atom. The topological polar surface area (TPSA) is 65.1 Å². The predicted octanol–water partition coefficient (Wildman–Crippen LogP) is 8.81. The Labute approximate surface area is 259 Å². The molecule has 0 N–H and O–H groups in total. The van der Waals surface area contributed by atoms with E-state index in [1.54, 1.807) is 20.8 Å². The van der Waals surface area contributed by atoms with Crippen LogP contribution in [-0.2, 0) is 26.3 Å². The van der Waals surface area contributed by atoms with E-state index in [0.29, 0.717) is 5.56 Å². The Bertz CT molecular complexity index is 1350. The van der Waals surface area contributed by atoms with Gasteiger partial charge in [-0.25, -0.2) is 14.0 Å². The van der Waals surface area contributed by atoms with Crippen LogP contribution in [0.3, 0.4) is 0 Å². The molecule has 14 heteroatoms. The van der Waals surface area contributed by atoms with Crippen LogP contribution in [0, 0.1) is 5.82 Å². The molecule has 250 valence electrons. The summed E-state index contributed by atoms with van der Waals surface area (Å²) in [7, 11) is -2.44. The highest BCUT2D eigenvalue weighted by atomic mass is 28.4. The van der Waals surface area contributed by atoms with Crippen LogP contribution >= 0.6 is 0 Å². The maximum Gasteiger partial charge on any atom is 0.416 e. The minimum Gasteiger partial charge on any atom is -0.456 e. The van der Waals surface area contributed by atoms with Gasteiger partial charge in [0.2, 0.25) is 0 Å². The van der Waals surface area contributed by atoms with E-state index in [0.717, 1.165) is 12.1 Å². The second-order valence-electron chi connectivity index (χ2n) is 13.6. The maximum absolute atomic E-state index is 13.9. The van der Waals surface area contributed by atoms with E-state index in [-0.39, 0.29) is 36.4 Å². The molecule has 3 rings (SSSR count). The number of rotatable bonds is 6. The van der Waals surface area contributed by atoms with Crippen molar-refractivity contribution in [3.63, 3.8) is 0 Å². The average Bonchev–Trinajstić information content (AvgIpc) is 3.23. The van der Waals surface area contributed by atoms with Crippen molar-refractivity contribution in [2.75, 3.05) is 13.2 Å². The van der Waals surface area contributed by atoms with Crippen LogP contribution in [0.5, 0.6) is 0 Å².